The lowest BCUT2D eigenvalue weighted by Gasteiger charge is -2.00. The van der Waals surface area contributed by atoms with E-state index in [9.17, 15) is 0 Å². The largest absolute Gasteiger partial charge is 0.382 e. The Hall–Kier alpha value is -1.49. The molecule has 0 atom stereocenters. The van der Waals surface area contributed by atoms with Gasteiger partial charge in [-0.05, 0) is 6.92 Å². The Bertz CT molecular complexity index is 451. The zero-order chi connectivity index (χ0) is 10.3. The molecule has 0 saturated carbocycles. The number of H-pyrrole nitrogens is 1. The number of hydrogen-bond donors (Lipinski definition) is 2. The molecule has 0 bridgehead atoms. The van der Waals surface area contributed by atoms with Gasteiger partial charge in [-0.15, -0.1) is 0 Å². The normalized spacial score (nSPS) is 10.8. The SMILES string of the molecule is Cc1c(N)n[nH]c1-c1c(Cl)cnn1C. The summed E-state index contributed by atoms with van der Waals surface area (Å²) in [5, 5.41) is 11.4. The second kappa shape index (κ2) is 3.02. The van der Waals surface area contributed by atoms with Crippen molar-refractivity contribution in [3.05, 3.63) is 16.8 Å². The molecule has 2 heterocycles. The van der Waals surface area contributed by atoms with Crippen molar-refractivity contribution in [1.82, 2.24) is 20.0 Å². The fourth-order valence-corrected chi connectivity index (χ4v) is 1.59. The molecule has 6 heteroatoms. The first-order valence-corrected chi connectivity index (χ1v) is 4.47. The number of nitrogens with zero attached hydrogens (tertiary/aromatic N) is 3. The third kappa shape index (κ3) is 1.17. The predicted octanol–water partition coefficient (Wildman–Crippen LogP) is 1.35. The van der Waals surface area contributed by atoms with Gasteiger partial charge in [0.25, 0.3) is 0 Å². The first-order chi connectivity index (χ1) is 6.61. The molecule has 0 amide bonds. The van der Waals surface area contributed by atoms with Gasteiger partial charge in [0, 0.05) is 12.6 Å². The smallest absolute Gasteiger partial charge is 0.148 e. The highest BCUT2D eigenvalue weighted by molar-refractivity contribution is 6.33. The van der Waals surface area contributed by atoms with Gasteiger partial charge in [-0.25, -0.2) is 0 Å². The number of nitrogens with one attached hydrogen (secondary N) is 1. The van der Waals surface area contributed by atoms with Crippen molar-refractivity contribution in [2.75, 3.05) is 5.73 Å². The van der Waals surface area contributed by atoms with E-state index in [0.29, 0.717) is 10.8 Å². The van der Waals surface area contributed by atoms with Gasteiger partial charge in [0.1, 0.15) is 11.5 Å². The van der Waals surface area contributed by atoms with Gasteiger partial charge in [0.2, 0.25) is 0 Å². The highest BCUT2D eigenvalue weighted by atomic mass is 35.5. The number of anilines is 1. The van der Waals surface area contributed by atoms with E-state index in [2.05, 4.69) is 15.3 Å². The van der Waals surface area contributed by atoms with Gasteiger partial charge in [0.15, 0.2) is 0 Å². The van der Waals surface area contributed by atoms with E-state index in [0.717, 1.165) is 17.0 Å². The summed E-state index contributed by atoms with van der Waals surface area (Å²) in [6.07, 6.45) is 1.59. The summed E-state index contributed by atoms with van der Waals surface area (Å²) >= 11 is 5.99. The minimum atomic E-state index is 0.484. The Morgan fingerprint density at radius 1 is 1.57 bits per heavy atom. The molecule has 0 spiro atoms. The summed E-state index contributed by atoms with van der Waals surface area (Å²) in [5.74, 6) is 0.484. The molecule has 2 aromatic heterocycles. The van der Waals surface area contributed by atoms with Crippen molar-refractivity contribution in [2.24, 2.45) is 7.05 Å². The summed E-state index contributed by atoms with van der Waals surface area (Å²) in [5.41, 5.74) is 8.13. The number of rotatable bonds is 1. The second-order valence-corrected chi connectivity index (χ2v) is 3.48. The summed E-state index contributed by atoms with van der Waals surface area (Å²) in [6, 6.07) is 0. The number of nitrogen functional groups attached to an aromatic ring is 1. The molecule has 2 aromatic rings. The average molecular weight is 212 g/mol. The fourth-order valence-electron chi connectivity index (χ4n) is 1.33. The highest BCUT2D eigenvalue weighted by Gasteiger charge is 2.15. The molecule has 0 saturated heterocycles. The van der Waals surface area contributed by atoms with E-state index in [1.54, 1.807) is 10.9 Å². The number of aromatic amines is 1. The Balaban J connectivity index is 2.65. The first kappa shape index (κ1) is 9.08. The van der Waals surface area contributed by atoms with Crippen LogP contribution in [0.4, 0.5) is 5.82 Å². The van der Waals surface area contributed by atoms with E-state index in [-0.39, 0.29) is 0 Å². The number of aromatic nitrogens is 4. The topological polar surface area (TPSA) is 72.5 Å². The third-order valence-corrected chi connectivity index (χ3v) is 2.45. The Kier molecular flexibility index (Phi) is 1.96. The van der Waals surface area contributed by atoms with Crippen LogP contribution in [0.5, 0.6) is 0 Å². The second-order valence-electron chi connectivity index (χ2n) is 3.07. The number of aryl methyl sites for hydroxylation is 1. The van der Waals surface area contributed by atoms with Crippen LogP contribution in [0, 0.1) is 6.92 Å². The van der Waals surface area contributed by atoms with Gasteiger partial charge in [-0.2, -0.15) is 10.2 Å². The summed E-state index contributed by atoms with van der Waals surface area (Å²) in [7, 11) is 1.82. The molecule has 0 radical (unpaired) electrons. The Morgan fingerprint density at radius 3 is 2.71 bits per heavy atom. The van der Waals surface area contributed by atoms with Crippen LogP contribution < -0.4 is 5.73 Å². The van der Waals surface area contributed by atoms with E-state index in [4.69, 9.17) is 17.3 Å². The summed E-state index contributed by atoms with van der Waals surface area (Å²) < 4.78 is 1.68. The molecule has 14 heavy (non-hydrogen) atoms. The Morgan fingerprint density at radius 2 is 2.29 bits per heavy atom. The minimum absolute atomic E-state index is 0.484. The van der Waals surface area contributed by atoms with Crippen LogP contribution in [0.1, 0.15) is 5.56 Å². The molecule has 0 unspecified atom stereocenters. The first-order valence-electron chi connectivity index (χ1n) is 4.09. The standard InChI is InChI=1S/C8H10ClN5/c1-4-6(12-13-8(4)10)7-5(9)3-11-14(7)2/h3H,1-2H3,(H3,10,12,13). The quantitative estimate of drug-likeness (QED) is 0.748. The van der Waals surface area contributed by atoms with Crippen molar-refractivity contribution in [2.45, 2.75) is 6.92 Å². The molecular formula is C8H10ClN5. The molecule has 0 aromatic carbocycles. The lowest BCUT2D eigenvalue weighted by molar-refractivity contribution is 0.772. The van der Waals surface area contributed by atoms with Crippen LogP contribution in [-0.2, 0) is 7.05 Å². The van der Waals surface area contributed by atoms with E-state index in [1.165, 1.54) is 0 Å². The van der Waals surface area contributed by atoms with E-state index < -0.39 is 0 Å². The zero-order valence-corrected chi connectivity index (χ0v) is 8.63. The molecule has 5 nitrogen and oxygen atoms in total. The van der Waals surface area contributed by atoms with E-state index in [1.807, 2.05) is 14.0 Å². The van der Waals surface area contributed by atoms with Gasteiger partial charge in [0.05, 0.1) is 16.9 Å². The fraction of sp³-hybridized carbons (Fsp3) is 0.250. The molecule has 0 aliphatic carbocycles. The maximum atomic E-state index is 5.99. The lowest BCUT2D eigenvalue weighted by atomic mass is 10.2. The van der Waals surface area contributed by atoms with Crippen molar-refractivity contribution in [3.8, 4) is 11.4 Å². The molecule has 2 rings (SSSR count). The van der Waals surface area contributed by atoms with Crippen LogP contribution in [-0.4, -0.2) is 20.0 Å². The van der Waals surface area contributed by atoms with Crippen LogP contribution in [0.3, 0.4) is 0 Å². The van der Waals surface area contributed by atoms with Crippen LogP contribution in [0.25, 0.3) is 11.4 Å². The monoisotopic (exact) mass is 211 g/mol. The summed E-state index contributed by atoms with van der Waals surface area (Å²) in [4.78, 5) is 0. The van der Waals surface area contributed by atoms with E-state index >= 15 is 0 Å². The van der Waals surface area contributed by atoms with Crippen molar-refractivity contribution < 1.29 is 0 Å². The van der Waals surface area contributed by atoms with Crippen molar-refractivity contribution >= 4 is 17.4 Å². The minimum Gasteiger partial charge on any atom is -0.382 e. The maximum absolute atomic E-state index is 5.99. The Labute approximate surface area is 85.9 Å². The predicted molar refractivity (Wildman–Crippen MR) is 54.9 cm³/mol. The molecular weight excluding hydrogens is 202 g/mol. The summed E-state index contributed by atoms with van der Waals surface area (Å²) in [6.45, 7) is 1.89. The van der Waals surface area contributed by atoms with Crippen molar-refractivity contribution in [1.29, 1.82) is 0 Å². The third-order valence-electron chi connectivity index (χ3n) is 2.18. The number of halogens is 1. The van der Waals surface area contributed by atoms with Crippen molar-refractivity contribution in [3.63, 3.8) is 0 Å². The molecule has 0 fully saturated rings. The number of nitrogens with two attached hydrogens (primary N) is 1. The number of hydrogen-bond acceptors (Lipinski definition) is 3. The van der Waals surface area contributed by atoms with Crippen LogP contribution in [0.15, 0.2) is 6.20 Å². The lowest BCUT2D eigenvalue weighted by Crippen LogP contribution is -1.95. The van der Waals surface area contributed by atoms with Gasteiger partial charge in [-0.3, -0.25) is 9.78 Å². The molecule has 3 N–H and O–H groups in total. The van der Waals surface area contributed by atoms with Gasteiger partial charge in [-0.1, -0.05) is 11.6 Å². The maximum Gasteiger partial charge on any atom is 0.148 e. The van der Waals surface area contributed by atoms with Crippen LogP contribution in [0.2, 0.25) is 5.02 Å². The molecule has 74 valence electrons. The molecule has 0 aliphatic heterocycles. The van der Waals surface area contributed by atoms with Gasteiger partial charge < -0.3 is 5.73 Å². The zero-order valence-electron chi connectivity index (χ0n) is 7.87. The highest BCUT2D eigenvalue weighted by Crippen LogP contribution is 2.29. The van der Waals surface area contributed by atoms with Crippen LogP contribution >= 0.6 is 11.6 Å². The molecule has 0 aliphatic rings. The van der Waals surface area contributed by atoms with Gasteiger partial charge >= 0.3 is 0 Å². The average Bonchev–Trinajstić information content (AvgIpc) is 2.62.